The van der Waals surface area contributed by atoms with Crippen LogP contribution in [0.1, 0.15) is 55.6 Å². The summed E-state index contributed by atoms with van der Waals surface area (Å²) in [5, 5.41) is 4.02. The fourth-order valence-corrected chi connectivity index (χ4v) is 4.73. The summed E-state index contributed by atoms with van der Waals surface area (Å²) in [6.45, 7) is 1.59. The SMILES string of the molecule is Cc1cc(=O)c(C(=O)NNC(=O)c2cc3c(s2)CCCCC3)nn1-c1ccccc1F. The highest BCUT2D eigenvalue weighted by Gasteiger charge is 2.20. The van der Waals surface area contributed by atoms with Gasteiger partial charge in [-0.15, -0.1) is 11.3 Å². The number of carbonyl (C=O) groups excluding carboxylic acids is 2. The van der Waals surface area contributed by atoms with Crippen LogP contribution in [0.25, 0.3) is 5.69 Å². The lowest BCUT2D eigenvalue weighted by molar-refractivity contribution is 0.0844. The van der Waals surface area contributed by atoms with Gasteiger partial charge in [-0.1, -0.05) is 18.6 Å². The lowest BCUT2D eigenvalue weighted by Gasteiger charge is -2.12. The van der Waals surface area contributed by atoms with E-state index >= 15 is 0 Å². The first-order chi connectivity index (χ1) is 14.9. The molecule has 1 aromatic carbocycles. The third kappa shape index (κ3) is 4.41. The monoisotopic (exact) mass is 440 g/mol. The van der Waals surface area contributed by atoms with Gasteiger partial charge in [-0.3, -0.25) is 25.2 Å². The topological polar surface area (TPSA) is 93.1 Å². The second-order valence-electron chi connectivity index (χ2n) is 7.39. The van der Waals surface area contributed by atoms with Crippen LogP contribution >= 0.6 is 11.3 Å². The molecular formula is C22H21FN4O3S. The fraction of sp³-hybridized carbons (Fsp3) is 0.273. The van der Waals surface area contributed by atoms with E-state index in [0.29, 0.717) is 10.6 Å². The summed E-state index contributed by atoms with van der Waals surface area (Å²) in [6.07, 6.45) is 5.32. The molecule has 1 aliphatic rings. The van der Waals surface area contributed by atoms with E-state index in [-0.39, 0.29) is 5.69 Å². The molecule has 2 aromatic heterocycles. The second-order valence-corrected chi connectivity index (χ2v) is 8.53. The molecule has 0 radical (unpaired) electrons. The Morgan fingerprint density at radius 2 is 1.81 bits per heavy atom. The second kappa shape index (κ2) is 8.81. The van der Waals surface area contributed by atoms with Gasteiger partial charge in [0.1, 0.15) is 11.5 Å². The number of halogens is 1. The van der Waals surface area contributed by atoms with Crippen molar-refractivity contribution >= 4 is 23.2 Å². The molecule has 160 valence electrons. The molecule has 0 unspecified atom stereocenters. The summed E-state index contributed by atoms with van der Waals surface area (Å²) in [7, 11) is 0. The van der Waals surface area contributed by atoms with Crippen molar-refractivity contribution in [3.63, 3.8) is 0 Å². The van der Waals surface area contributed by atoms with Crippen LogP contribution in [0, 0.1) is 12.7 Å². The molecule has 3 aromatic rings. The maximum atomic E-state index is 14.2. The van der Waals surface area contributed by atoms with Crippen molar-refractivity contribution < 1.29 is 14.0 Å². The van der Waals surface area contributed by atoms with Gasteiger partial charge in [-0.2, -0.15) is 5.10 Å². The van der Waals surface area contributed by atoms with Gasteiger partial charge in [0.25, 0.3) is 11.8 Å². The van der Waals surface area contributed by atoms with E-state index < -0.39 is 28.8 Å². The third-order valence-electron chi connectivity index (χ3n) is 5.16. The van der Waals surface area contributed by atoms with Gasteiger partial charge in [0.15, 0.2) is 5.69 Å². The lowest BCUT2D eigenvalue weighted by atomic mass is 10.1. The summed E-state index contributed by atoms with van der Waals surface area (Å²) in [6, 6.07) is 8.97. The third-order valence-corrected chi connectivity index (χ3v) is 6.40. The number of fused-ring (bicyclic) bond motifs is 1. The summed E-state index contributed by atoms with van der Waals surface area (Å²) in [4.78, 5) is 39.0. The number of hydrazine groups is 1. The maximum Gasteiger partial charge on any atom is 0.294 e. The number of rotatable bonds is 3. The molecule has 1 aliphatic carbocycles. The molecule has 7 nitrogen and oxygen atoms in total. The molecule has 2 N–H and O–H groups in total. The van der Waals surface area contributed by atoms with Gasteiger partial charge in [0, 0.05) is 16.6 Å². The number of hydrogen-bond donors (Lipinski definition) is 2. The predicted octanol–water partition coefficient (Wildman–Crippen LogP) is 3.09. The van der Waals surface area contributed by atoms with E-state index in [9.17, 15) is 18.8 Å². The molecule has 0 spiro atoms. The van der Waals surface area contributed by atoms with Crippen LogP contribution in [0.15, 0.2) is 41.2 Å². The maximum absolute atomic E-state index is 14.2. The number of benzene rings is 1. The Kier molecular flexibility index (Phi) is 5.94. The number of amides is 2. The van der Waals surface area contributed by atoms with Crippen molar-refractivity contribution in [2.75, 3.05) is 0 Å². The molecule has 2 amide bonds. The van der Waals surface area contributed by atoms with Gasteiger partial charge >= 0.3 is 0 Å². The molecule has 0 saturated heterocycles. The summed E-state index contributed by atoms with van der Waals surface area (Å²) >= 11 is 1.42. The van der Waals surface area contributed by atoms with Crippen molar-refractivity contribution in [3.05, 3.63) is 79.1 Å². The van der Waals surface area contributed by atoms with E-state index in [4.69, 9.17) is 0 Å². The predicted molar refractivity (Wildman–Crippen MR) is 115 cm³/mol. The molecule has 0 aliphatic heterocycles. The highest BCUT2D eigenvalue weighted by atomic mass is 32.1. The quantitative estimate of drug-likeness (QED) is 0.484. The number of aromatic nitrogens is 2. The minimum atomic E-state index is -0.874. The van der Waals surface area contributed by atoms with Crippen LogP contribution in [0.5, 0.6) is 0 Å². The van der Waals surface area contributed by atoms with Gasteiger partial charge in [-0.05, 0) is 56.4 Å². The number of thiophene rings is 1. The molecule has 4 rings (SSSR count). The molecule has 0 fully saturated rings. The van der Waals surface area contributed by atoms with Gasteiger partial charge < -0.3 is 0 Å². The number of carbonyl (C=O) groups is 2. The Labute approximate surface area is 181 Å². The van der Waals surface area contributed by atoms with E-state index in [1.54, 1.807) is 13.0 Å². The van der Waals surface area contributed by atoms with Crippen LogP contribution in [0.2, 0.25) is 0 Å². The highest BCUT2D eigenvalue weighted by Crippen LogP contribution is 2.28. The Hall–Kier alpha value is -3.33. The average Bonchev–Trinajstić information content (AvgIpc) is 3.03. The normalized spacial score (nSPS) is 13.2. The van der Waals surface area contributed by atoms with Crippen molar-refractivity contribution in [2.45, 2.75) is 39.0 Å². The number of nitrogens with one attached hydrogen (secondary N) is 2. The smallest absolute Gasteiger partial charge is 0.287 e. The van der Waals surface area contributed by atoms with E-state index in [1.807, 2.05) is 6.07 Å². The summed E-state index contributed by atoms with van der Waals surface area (Å²) < 4.78 is 15.3. The zero-order valence-electron chi connectivity index (χ0n) is 16.9. The van der Waals surface area contributed by atoms with Gasteiger partial charge in [0.05, 0.1) is 4.88 Å². The Bertz CT molecular complexity index is 1190. The van der Waals surface area contributed by atoms with Crippen LogP contribution in [0.4, 0.5) is 4.39 Å². The number of hydrogen-bond acceptors (Lipinski definition) is 5. The van der Waals surface area contributed by atoms with Crippen LogP contribution < -0.4 is 16.3 Å². The van der Waals surface area contributed by atoms with Crippen molar-refractivity contribution in [2.24, 2.45) is 0 Å². The van der Waals surface area contributed by atoms with E-state index in [2.05, 4.69) is 16.0 Å². The summed E-state index contributed by atoms with van der Waals surface area (Å²) in [5.41, 5.74) is 5.18. The number of para-hydroxylation sites is 1. The molecule has 0 saturated carbocycles. The van der Waals surface area contributed by atoms with Crippen LogP contribution in [0.3, 0.4) is 0 Å². The minimum Gasteiger partial charge on any atom is -0.287 e. The molecule has 9 heteroatoms. The first-order valence-electron chi connectivity index (χ1n) is 10.0. The summed E-state index contributed by atoms with van der Waals surface area (Å²) in [5.74, 6) is -1.87. The van der Waals surface area contributed by atoms with Crippen LogP contribution in [-0.2, 0) is 12.8 Å². The first-order valence-corrected chi connectivity index (χ1v) is 10.8. The standard InChI is InChI=1S/C22H21FN4O3S/c1-13-11-17(28)20(26-27(13)16-9-6-5-8-15(16)23)22(30)25-24-21(29)19-12-14-7-3-2-4-10-18(14)31-19/h5-6,8-9,11-12H,2-4,7,10H2,1H3,(H,24,29)(H,25,30). The highest BCUT2D eigenvalue weighted by molar-refractivity contribution is 7.14. The van der Waals surface area contributed by atoms with E-state index in [0.717, 1.165) is 25.7 Å². The Balaban J connectivity index is 1.51. The fourth-order valence-electron chi connectivity index (χ4n) is 3.59. The van der Waals surface area contributed by atoms with Crippen molar-refractivity contribution in [1.29, 1.82) is 0 Å². The van der Waals surface area contributed by atoms with Crippen LogP contribution in [-0.4, -0.2) is 21.6 Å². The molecule has 0 bridgehead atoms. The zero-order valence-corrected chi connectivity index (χ0v) is 17.7. The largest absolute Gasteiger partial charge is 0.294 e. The lowest BCUT2D eigenvalue weighted by Crippen LogP contribution is -2.43. The van der Waals surface area contributed by atoms with Gasteiger partial charge in [0.2, 0.25) is 5.43 Å². The molecule has 2 heterocycles. The van der Waals surface area contributed by atoms with E-state index in [1.165, 1.54) is 57.1 Å². The van der Waals surface area contributed by atoms with Gasteiger partial charge in [-0.25, -0.2) is 9.07 Å². The first kappa shape index (κ1) is 20.9. The van der Waals surface area contributed by atoms with Crippen molar-refractivity contribution in [1.82, 2.24) is 20.6 Å². The average molecular weight is 441 g/mol. The number of nitrogens with zero attached hydrogens (tertiary/aromatic N) is 2. The molecule has 0 atom stereocenters. The molecule has 31 heavy (non-hydrogen) atoms. The Morgan fingerprint density at radius 3 is 2.61 bits per heavy atom. The zero-order chi connectivity index (χ0) is 22.0. The molecular weight excluding hydrogens is 419 g/mol. The minimum absolute atomic E-state index is 0.109. The Morgan fingerprint density at radius 1 is 1.06 bits per heavy atom. The number of aryl methyl sites for hydroxylation is 3. The van der Waals surface area contributed by atoms with Crippen molar-refractivity contribution in [3.8, 4) is 5.69 Å².